The van der Waals surface area contributed by atoms with Crippen LogP contribution < -0.4 is 5.32 Å². The molecule has 0 saturated heterocycles. The molecule has 18 heavy (non-hydrogen) atoms. The van der Waals surface area contributed by atoms with Gasteiger partial charge in [-0.15, -0.1) is 0 Å². The lowest BCUT2D eigenvalue weighted by molar-refractivity contribution is 0.0697. The second kappa shape index (κ2) is 6.02. The van der Waals surface area contributed by atoms with Gasteiger partial charge in [0.15, 0.2) is 0 Å². The number of aliphatic hydroxyl groups excluding tert-OH is 1. The maximum atomic E-state index is 11.7. The molecule has 6 heteroatoms. The fraction of sp³-hybridized carbons (Fsp3) is 0.333. The summed E-state index contributed by atoms with van der Waals surface area (Å²) >= 11 is 0. The Kier molecular flexibility index (Phi) is 4.67. The number of anilines is 1. The molecule has 0 aliphatic carbocycles. The number of aromatic carboxylic acids is 1. The first-order valence-corrected chi connectivity index (χ1v) is 5.42. The largest absolute Gasteiger partial charge is 0.478 e. The third kappa shape index (κ3) is 3.46. The molecule has 0 heterocycles. The summed E-state index contributed by atoms with van der Waals surface area (Å²) in [7, 11) is 1.54. The molecule has 1 aromatic carbocycles. The number of nitrogens with zero attached hydrogens (tertiary/aromatic N) is 1. The number of amides is 2. The molecule has 0 aliphatic rings. The summed E-state index contributed by atoms with van der Waals surface area (Å²) in [5.41, 5.74) is 1.33. The molecule has 3 N–H and O–H groups in total. The van der Waals surface area contributed by atoms with Crippen molar-refractivity contribution in [1.82, 2.24) is 4.90 Å². The number of urea groups is 1. The Morgan fingerprint density at radius 1 is 1.39 bits per heavy atom. The van der Waals surface area contributed by atoms with E-state index in [1.54, 1.807) is 20.0 Å². The number of carbonyl (C=O) groups is 2. The summed E-state index contributed by atoms with van der Waals surface area (Å²) in [5.74, 6) is -1.05. The Bertz CT molecular complexity index is 459. The number of benzene rings is 1. The smallest absolute Gasteiger partial charge is 0.335 e. The van der Waals surface area contributed by atoms with E-state index >= 15 is 0 Å². The second-order valence-corrected chi connectivity index (χ2v) is 3.91. The van der Waals surface area contributed by atoms with Crippen LogP contribution in [-0.2, 0) is 0 Å². The van der Waals surface area contributed by atoms with Crippen LogP contribution in [0, 0.1) is 6.92 Å². The number of carbonyl (C=O) groups excluding carboxylic acids is 1. The lowest BCUT2D eigenvalue weighted by Crippen LogP contribution is -2.33. The minimum atomic E-state index is -1.05. The van der Waals surface area contributed by atoms with Gasteiger partial charge in [-0.2, -0.15) is 0 Å². The average Bonchev–Trinajstić information content (AvgIpc) is 2.31. The topological polar surface area (TPSA) is 89.9 Å². The molecule has 2 amide bonds. The number of aliphatic hydroxyl groups is 1. The van der Waals surface area contributed by atoms with Crippen molar-refractivity contribution in [2.75, 3.05) is 25.5 Å². The van der Waals surface area contributed by atoms with Crippen molar-refractivity contribution in [2.45, 2.75) is 6.92 Å². The number of carboxylic acid groups (broad SMARTS) is 1. The summed E-state index contributed by atoms with van der Waals surface area (Å²) in [5, 5.41) is 20.2. The molecule has 0 bridgehead atoms. The van der Waals surface area contributed by atoms with Gasteiger partial charge in [0.1, 0.15) is 0 Å². The molecule has 1 aromatic rings. The minimum Gasteiger partial charge on any atom is -0.478 e. The first-order valence-electron chi connectivity index (χ1n) is 5.42. The molecule has 6 nitrogen and oxygen atoms in total. The van der Waals surface area contributed by atoms with Crippen LogP contribution in [0.2, 0.25) is 0 Å². The van der Waals surface area contributed by atoms with Crippen LogP contribution in [0.5, 0.6) is 0 Å². The minimum absolute atomic E-state index is 0.112. The first-order chi connectivity index (χ1) is 8.45. The summed E-state index contributed by atoms with van der Waals surface area (Å²) in [6.07, 6.45) is 0. The van der Waals surface area contributed by atoms with Crippen LogP contribution >= 0.6 is 0 Å². The van der Waals surface area contributed by atoms with Crippen LogP contribution in [0.15, 0.2) is 18.2 Å². The van der Waals surface area contributed by atoms with Crippen molar-refractivity contribution in [1.29, 1.82) is 0 Å². The predicted molar refractivity (Wildman–Crippen MR) is 66.9 cm³/mol. The van der Waals surface area contributed by atoms with E-state index in [0.29, 0.717) is 5.69 Å². The van der Waals surface area contributed by atoms with Gasteiger partial charge in [-0.3, -0.25) is 0 Å². The average molecular weight is 252 g/mol. The van der Waals surface area contributed by atoms with E-state index in [1.165, 1.54) is 17.0 Å². The highest BCUT2D eigenvalue weighted by atomic mass is 16.4. The molecular weight excluding hydrogens is 236 g/mol. The molecule has 0 aliphatic heterocycles. The van der Waals surface area contributed by atoms with E-state index in [2.05, 4.69) is 5.32 Å². The van der Waals surface area contributed by atoms with Crippen molar-refractivity contribution in [3.8, 4) is 0 Å². The second-order valence-electron chi connectivity index (χ2n) is 3.91. The van der Waals surface area contributed by atoms with Crippen molar-refractivity contribution in [2.24, 2.45) is 0 Å². The maximum absolute atomic E-state index is 11.7. The Balaban J connectivity index is 2.86. The molecule has 0 radical (unpaired) electrons. The molecule has 1 rings (SSSR count). The molecular formula is C12H16N2O4. The van der Waals surface area contributed by atoms with Gasteiger partial charge in [-0.1, -0.05) is 6.07 Å². The van der Waals surface area contributed by atoms with Crippen molar-refractivity contribution >= 4 is 17.7 Å². The fourth-order valence-corrected chi connectivity index (χ4v) is 1.35. The first kappa shape index (κ1) is 14.0. The SMILES string of the molecule is Cc1ccc(C(=O)O)cc1NC(=O)N(C)CCO. The van der Waals surface area contributed by atoms with Gasteiger partial charge < -0.3 is 20.4 Å². The van der Waals surface area contributed by atoms with Crippen LogP contribution in [-0.4, -0.2) is 47.3 Å². The Morgan fingerprint density at radius 2 is 2.06 bits per heavy atom. The van der Waals surface area contributed by atoms with Crippen LogP contribution in [0.1, 0.15) is 15.9 Å². The van der Waals surface area contributed by atoms with E-state index in [9.17, 15) is 9.59 Å². The van der Waals surface area contributed by atoms with E-state index in [-0.39, 0.29) is 18.7 Å². The standard InChI is InChI=1S/C12H16N2O4/c1-8-3-4-9(11(16)17)7-10(8)13-12(18)14(2)5-6-15/h3-4,7,15H,5-6H2,1-2H3,(H,13,18)(H,16,17). The van der Waals surface area contributed by atoms with Crippen LogP contribution in [0.4, 0.5) is 10.5 Å². The zero-order valence-corrected chi connectivity index (χ0v) is 10.3. The van der Waals surface area contributed by atoms with E-state index in [1.807, 2.05) is 0 Å². The highest BCUT2D eigenvalue weighted by molar-refractivity contribution is 5.93. The van der Waals surface area contributed by atoms with Gasteiger partial charge in [0.25, 0.3) is 0 Å². The third-order valence-electron chi connectivity index (χ3n) is 2.51. The van der Waals surface area contributed by atoms with E-state index in [0.717, 1.165) is 5.56 Å². The molecule has 0 fully saturated rings. The van der Waals surface area contributed by atoms with Gasteiger partial charge in [0.05, 0.1) is 12.2 Å². The molecule has 0 spiro atoms. The van der Waals surface area contributed by atoms with Crippen molar-refractivity contribution in [3.63, 3.8) is 0 Å². The number of aryl methyl sites for hydroxylation is 1. The van der Waals surface area contributed by atoms with Crippen LogP contribution in [0.25, 0.3) is 0 Å². The number of nitrogens with one attached hydrogen (secondary N) is 1. The number of hydrogen-bond donors (Lipinski definition) is 3. The zero-order chi connectivity index (χ0) is 13.7. The van der Waals surface area contributed by atoms with Gasteiger partial charge in [-0.05, 0) is 24.6 Å². The molecule has 0 saturated carbocycles. The molecule has 98 valence electrons. The zero-order valence-electron chi connectivity index (χ0n) is 10.3. The highest BCUT2D eigenvalue weighted by Gasteiger charge is 2.11. The van der Waals surface area contributed by atoms with E-state index < -0.39 is 12.0 Å². The normalized spacial score (nSPS) is 9.94. The van der Waals surface area contributed by atoms with Crippen molar-refractivity contribution < 1.29 is 19.8 Å². The highest BCUT2D eigenvalue weighted by Crippen LogP contribution is 2.17. The fourth-order valence-electron chi connectivity index (χ4n) is 1.35. The number of rotatable bonds is 4. The molecule has 0 unspecified atom stereocenters. The lowest BCUT2D eigenvalue weighted by Gasteiger charge is -2.17. The summed E-state index contributed by atoms with van der Waals surface area (Å²) in [6, 6.07) is 4.12. The summed E-state index contributed by atoms with van der Waals surface area (Å²) in [4.78, 5) is 23.8. The Labute approximate surface area is 105 Å². The van der Waals surface area contributed by atoms with Crippen LogP contribution in [0.3, 0.4) is 0 Å². The van der Waals surface area contributed by atoms with Gasteiger partial charge in [-0.25, -0.2) is 9.59 Å². The molecule has 0 aromatic heterocycles. The summed E-state index contributed by atoms with van der Waals surface area (Å²) in [6.45, 7) is 1.86. The summed E-state index contributed by atoms with van der Waals surface area (Å²) < 4.78 is 0. The van der Waals surface area contributed by atoms with E-state index in [4.69, 9.17) is 10.2 Å². The third-order valence-corrected chi connectivity index (χ3v) is 2.51. The van der Waals surface area contributed by atoms with Gasteiger partial charge in [0, 0.05) is 19.3 Å². The van der Waals surface area contributed by atoms with Gasteiger partial charge in [0.2, 0.25) is 0 Å². The van der Waals surface area contributed by atoms with Crippen molar-refractivity contribution in [3.05, 3.63) is 29.3 Å². The quantitative estimate of drug-likeness (QED) is 0.749. The predicted octanol–water partition coefficient (Wildman–Crippen LogP) is 1.15. The Hall–Kier alpha value is -2.08. The number of carboxylic acids is 1. The number of likely N-dealkylation sites (N-methyl/N-ethyl adjacent to an activating group) is 1. The molecule has 0 atom stereocenters. The van der Waals surface area contributed by atoms with Gasteiger partial charge >= 0.3 is 12.0 Å². The maximum Gasteiger partial charge on any atom is 0.335 e. The lowest BCUT2D eigenvalue weighted by atomic mass is 10.1. The Morgan fingerprint density at radius 3 is 2.61 bits per heavy atom. The monoisotopic (exact) mass is 252 g/mol. The number of hydrogen-bond acceptors (Lipinski definition) is 3.